The minimum absolute atomic E-state index is 0.148. The molecular weight excluding hydrogens is 234 g/mol. The van der Waals surface area contributed by atoms with Crippen LogP contribution in [-0.2, 0) is 6.18 Å². The molecule has 1 rings (SSSR count). The molecule has 0 spiro atoms. The van der Waals surface area contributed by atoms with E-state index in [1.54, 1.807) is 0 Å². The van der Waals surface area contributed by atoms with Crippen molar-refractivity contribution < 1.29 is 17.6 Å². The maximum absolute atomic E-state index is 13.0. The molecule has 1 unspecified atom stereocenters. The van der Waals surface area contributed by atoms with Gasteiger partial charge in [0.05, 0.1) is 5.56 Å². The molecule has 1 aromatic carbocycles. The van der Waals surface area contributed by atoms with Gasteiger partial charge in [-0.15, -0.1) is 0 Å². The molecule has 0 fully saturated rings. The molecule has 1 aromatic rings. The standard InChI is InChI=1S/C12H15F4N/c1-7(2)5-11(17)9-6-8(13)3-4-10(9)12(14,15)16/h3-4,6-7,11H,5,17H2,1-2H3. The molecule has 0 amide bonds. The van der Waals surface area contributed by atoms with Gasteiger partial charge in [-0.25, -0.2) is 4.39 Å². The van der Waals surface area contributed by atoms with E-state index in [4.69, 9.17) is 5.73 Å². The summed E-state index contributed by atoms with van der Waals surface area (Å²) in [5.74, 6) is -0.554. The van der Waals surface area contributed by atoms with Crippen LogP contribution in [0.5, 0.6) is 0 Å². The highest BCUT2D eigenvalue weighted by Gasteiger charge is 2.34. The highest BCUT2D eigenvalue weighted by molar-refractivity contribution is 5.32. The number of nitrogens with two attached hydrogens (primary N) is 1. The third kappa shape index (κ3) is 3.70. The van der Waals surface area contributed by atoms with Crippen molar-refractivity contribution in [1.82, 2.24) is 0 Å². The van der Waals surface area contributed by atoms with Gasteiger partial charge < -0.3 is 5.73 Å². The molecule has 1 atom stereocenters. The van der Waals surface area contributed by atoms with Crippen molar-refractivity contribution in [1.29, 1.82) is 0 Å². The Bertz CT molecular complexity index is 385. The molecule has 17 heavy (non-hydrogen) atoms. The van der Waals surface area contributed by atoms with Crippen LogP contribution in [-0.4, -0.2) is 0 Å². The quantitative estimate of drug-likeness (QED) is 0.808. The summed E-state index contributed by atoms with van der Waals surface area (Å²) in [7, 11) is 0. The molecule has 0 saturated carbocycles. The van der Waals surface area contributed by atoms with Crippen molar-refractivity contribution in [2.24, 2.45) is 11.7 Å². The maximum atomic E-state index is 13.0. The van der Waals surface area contributed by atoms with E-state index >= 15 is 0 Å². The molecule has 0 aromatic heterocycles. The van der Waals surface area contributed by atoms with E-state index in [0.29, 0.717) is 6.42 Å². The molecule has 1 nitrogen and oxygen atoms in total. The first-order valence-electron chi connectivity index (χ1n) is 5.34. The van der Waals surface area contributed by atoms with E-state index in [1.165, 1.54) is 0 Å². The Morgan fingerprint density at radius 1 is 1.24 bits per heavy atom. The van der Waals surface area contributed by atoms with Gasteiger partial charge in [-0.1, -0.05) is 13.8 Å². The van der Waals surface area contributed by atoms with Crippen molar-refractivity contribution >= 4 is 0 Å². The summed E-state index contributed by atoms with van der Waals surface area (Å²) < 4.78 is 51.1. The zero-order chi connectivity index (χ0) is 13.2. The van der Waals surface area contributed by atoms with Gasteiger partial charge in [0.15, 0.2) is 0 Å². The third-order valence-electron chi connectivity index (χ3n) is 2.44. The molecule has 5 heteroatoms. The molecule has 0 radical (unpaired) electrons. The summed E-state index contributed by atoms with van der Waals surface area (Å²) in [5.41, 5.74) is 4.67. The van der Waals surface area contributed by atoms with Gasteiger partial charge in [0.1, 0.15) is 5.82 Å². The van der Waals surface area contributed by atoms with Gasteiger partial charge in [0, 0.05) is 6.04 Å². The number of benzene rings is 1. The number of hydrogen-bond donors (Lipinski definition) is 1. The summed E-state index contributed by atoms with van der Waals surface area (Å²) in [6, 6.07) is 1.61. The smallest absolute Gasteiger partial charge is 0.324 e. The van der Waals surface area contributed by atoms with Gasteiger partial charge in [-0.3, -0.25) is 0 Å². The van der Waals surface area contributed by atoms with E-state index in [9.17, 15) is 17.6 Å². The van der Waals surface area contributed by atoms with Crippen molar-refractivity contribution in [3.63, 3.8) is 0 Å². The summed E-state index contributed by atoms with van der Waals surface area (Å²) in [4.78, 5) is 0. The van der Waals surface area contributed by atoms with Crippen molar-refractivity contribution in [3.8, 4) is 0 Å². The lowest BCUT2D eigenvalue weighted by Crippen LogP contribution is -2.19. The van der Waals surface area contributed by atoms with Crippen LogP contribution in [0.3, 0.4) is 0 Å². The molecule has 0 aliphatic carbocycles. The van der Waals surface area contributed by atoms with Crippen LogP contribution >= 0.6 is 0 Å². The van der Waals surface area contributed by atoms with E-state index in [1.807, 2.05) is 13.8 Å². The van der Waals surface area contributed by atoms with Crippen LogP contribution in [0.25, 0.3) is 0 Å². The predicted molar refractivity (Wildman–Crippen MR) is 57.8 cm³/mol. The second kappa shape index (κ2) is 5.04. The molecule has 2 N–H and O–H groups in total. The molecule has 0 bridgehead atoms. The Hall–Kier alpha value is -1.10. The van der Waals surface area contributed by atoms with E-state index in [-0.39, 0.29) is 11.5 Å². The van der Waals surface area contributed by atoms with E-state index in [2.05, 4.69) is 0 Å². The molecule has 0 saturated heterocycles. The van der Waals surface area contributed by atoms with Gasteiger partial charge in [-0.05, 0) is 36.1 Å². The minimum atomic E-state index is -4.50. The molecular formula is C12H15F4N. The summed E-state index contributed by atoms with van der Waals surface area (Å²) in [6.45, 7) is 3.71. The minimum Gasteiger partial charge on any atom is -0.324 e. The second-order valence-corrected chi connectivity index (χ2v) is 4.47. The van der Waals surface area contributed by atoms with Crippen LogP contribution in [0.4, 0.5) is 17.6 Å². The first-order chi connectivity index (χ1) is 7.71. The van der Waals surface area contributed by atoms with Crippen LogP contribution in [0, 0.1) is 11.7 Å². The van der Waals surface area contributed by atoms with Gasteiger partial charge >= 0.3 is 6.18 Å². The zero-order valence-corrected chi connectivity index (χ0v) is 9.68. The molecule has 0 aliphatic heterocycles. The SMILES string of the molecule is CC(C)CC(N)c1cc(F)ccc1C(F)(F)F. The summed E-state index contributed by atoms with van der Waals surface area (Å²) in [6.07, 6.45) is -4.12. The van der Waals surface area contributed by atoms with Gasteiger partial charge in [-0.2, -0.15) is 13.2 Å². The average molecular weight is 249 g/mol. The zero-order valence-electron chi connectivity index (χ0n) is 9.68. The maximum Gasteiger partial charge on any atom is 0.416 e. The normalized spacial score (nSPS) is 14.1. The molecule has 0 heterocycles. The fourth-order valence-electron chi connectivity index (χ4n) is 1.73. The van der Waals surface area contributed by atoms with Crippen LogP contribution in [0.2, 0.25) is 0 Å². The fraction of sp³-hybridized carbons (Fsp3) is 0.500. The van der Waals surface area contributed by atoms with Crippen LogP contribution in [0.1, 0.15) is 37.4 Å². The lowest BCUT2D eigenvalue weighted by Gasteiger charge is -2.19. The van der Waals surface area contributed by atoms with Crippen molar-refractivity contribution in [2.75, 3.05) is 0 Å². The Kier molecular flexibility index (Phi) is 4.14. The highest BCUT2D eigenvalue weighted by Crippen LogP contribution is 2.35. The predicted octanol–water partition coefficient (Wildman–Crippen LogP) is 3.89. The summed E-state index contributed by atoms with van der Waals surface area (Å²) >= 11 is 0. The van der Waals surface area contributed by atoms with Gasteiger partial charge in [0.2, 0.25) is 0 Å². The van der Waals surface area contributed by atoms with Crippen molar-refractivity contribution in [3.05, 3.63) is 35.1 Å². The average Bonchev–Trinajstić information content (AvgIpc) is 2.14. The lowest BCUT2D eigenvalue weighted by atomic mass is 9.94. The highest BCUT2D eigenvalue weighted by atomic mass is 19.4. The monoisotopic (exact) mass is 249 g/mol. The number of halogens is 4. The summed E-state index contributed by atoms with van der Waals surface area (Å²) in [5, 5.41) is 0. The lowest BCUT2D eigenvalue weighted by molar-refractivity contribution is -0.138. The van der Waals surface area contributed by atoms with E-state index < -0.39 is 23.6 Å². The number of alkyl halides is 3. The third-order valence-corrected chi connectivity index (χ3v) is 2.44. The fourth-order valence-corrected chi connectivity index (χ4v) is 1.73. The van der Waals surface area contributed by atoms with Crippen LogP contribution in [0.15, 0.2) is 18.2 Å². The van der Waals surface area contributed by atoms with Crippen molar-refractivity contribution in [2.45, 2.75) is 32.5 Å². The number of hydrogen-bond acceptors (Lipinski definition) is 1. The first-order valence-corrected chi connectivity index (χ1v) is 5.34. The largest absolute Gasteiger partial charge is 0.416 e. The Labute approximate surface area is 97.6 Å². The first kappa shape index (κ1) is 14.0. The second-order valence-electron chi connectivity index (χ2n) is 4.47. The Morgan fingerprint density at radius 3 is 2.29 bits per heavy atom. The molecule has 96 valence electrons. The van der Waals surface area contributed by atoms with Gasteiger partial charge in [0.25, 0.3) is 0 Å². The number of rotatable bonds is 3. The van der Waals surface area contributed by atoms with E-state index in [0.717, 1.165) is 18.2 Å². The van der Waals surface area contributed by atoms with Crippen LogP contribution < -0.4 is 5.73 Å². The topological polar surface area (TPSA) is 26.0 Å². The Balaban J connectivity index is 3.15. The Morgan fingerprint density at radius 2 is 1.82 bits per heavy atom. The molecule has 0 aliphatic rings.